The Bertz CT molecular complexity index is 600. The lowest BCUT2D eigenvalue weighted by molar-refractivity contribution is -0.160. The van der Waals surface area contributed by atoms with E-state index in [2.05, 4.69) is 0 Å². The van der Waals surface area contributed by atoms with Crippen molar-refractivity contribution < 1.29 is 14.3 Å². The maximum absolute atomic E-state index is 12.7. The normalized spacial score (nSPS) is 16.5. The molecule has 1 aliphatic rings. The number of carbonyl (C=O) groups excluding carboxylic acids is 2. The number of benzene rings is 1. The Balaban J connectivity index is 2.12. The fraction of sp³-hybridized carbons (Fsp3) is 0.579. The molecule has 1 aliphatic heterocycles. The van der Waals surface area contributed by atoms with E-state index in [-0.39, 0.29) is 11.9 Å². The Morgan fingerprint density at radius 2 is 1.96 bits per heavy atom. The second-order valence-electron chi connectivity index (χ2n) is 6.39. The van der Waals surface area contributed by atoms with Crippen molar-refractivity contribution >= 4 is 35.2 Å². The van der Waals surface area contributed by atoms with Crippen LogP contribution < -0.4 is 0 Å². The van der Waals surface area contributed by atoms with Crippen LogP contribution in [0.3, 0.4) is 0 Å². The van der Waals surface area contributed by atoms with Crippen LogP contribution in [-0.4, -0.2) is 48.5 Å². The van der Waals surface area contributed by atoms with Crippen LogP contribution >= 0.6 is 23.4 Å². The third-order valence-corrected chi connectivity index (χ3v) is 5.77. The summed E-state index contributed by atoms with van der Waals surface area (Å²) in [5.41, 5.74) is 0.358. The summed E-state index contributed by atoms with van der Waals surface area (Å²) in [7, 11) is 0. The molecule has 0 unspecified atom stereocenters. The quantitative estimate of drug-likeness (QED) is 0.672. The van der Waals surface area contributed by atoms with Gasteiger partial charge in [0.05, 0.1) is 12.0 Å². The van der Waals surface area contributed by atoms with Gasteiger partial charge in [-0.25, -0.2) is 0 Å². The van der Waals surface area contributed by atoms with Crippen LogP contribution in [0.1, 0.15) is 31.7 Å². The zero-order chi connectivity index (χ0) is 18.3. The first-order chi connectivity index (χ1) is 12.0. The predicted octanol–water partition coefficient (Wildman–Crippen LogP) is 3.81. The maximum Gasteiger partial charge on any atom is 0.312 e. The van der Waals surface area contributed by atoms with E-state index < -0.39 is 5.41 Å². The molecule has 0 spiro atoms. The molecule has 4 nitrogen and oxygen atoms in total. The van der Waals surface area contributed by atoms with Gasteiger partial charge in [0.15, 0.2) is 0 Å². The van der Waals surface area contributed by atoms with Crippen molar-refractivity contribution in [1.82, 2.24) is 4.90 Å². The maximum atomic E-state index is 12.7. The van der Waals surface area contributed by atoms with Gasteiger partial charge in [0.1, 0.15) is 0 Å². The zero-order valence-electron chi connectivity index (χ0n) is 14.9. The highest BCUT2D eigenvalue weighted by molar-refractivity contribution is 7.98. The van der Waals surface area contributed by atoms with Crippen LogP contribution in [0.15, 0.2) is 24.3 Å². The number of likely N-dealkylation sites (tertiary alicyclic amines) is 1. The number of thioether (sulfide) groups is 1. The number of carbonyl (C=O) groups is 2. The van der Waals surface area contributed by atoms with Crippen molar-refractivity contribution in [3.05, 3.63) is 34.9 Å². The minimum atomic E-state index is -0.600. The second-order valence-corrected chi connectivity index (χ2v) is 7.79. The van der Waals surface area contributed by atoms with E-state index in [4.69, 9.17) is 16.3 Å². The smallest absolute Gasteiger partial charge is 0.312 e. The molecule has 0 aromatic heterocycles. The summed E-state index contributed by atoms with van der Waals surface area (Å²) in [5.74, 6) is 0.827. The standard InChI is InChI=1S/C19H26ClNO3S/c1-3-24-18(23)19(14-15-6-4-5-7-16(15)20)9-11-21(12-10-19)17(22)8-13-25-2/h4-7H,3,8-14H2,1-2H3. The highest BCUT2D eigenvalue weighted by Crippen LogP contribution is 2.38. The van der Waals surface area contributed by atoms with E-state index in [1.165, 1.54) is 0 Å². The topological polar surface area (TPSA) is 46.6 Å². The molecule has 0 bridgehead atoms. The van der Waals surface area contributed by atoms with Gasteiger partial charge in [-0.3, -0.25) is 9.59 Å². The molecule has 25 heavy (non-hydrogen) atoms. The number of halogens is 1. The van der Waals surface area contributed by atoms with Crippen LogP contribution in [-0.2, 0) is 20.7 Å². The fourth-order valence-electron chi connectivity index (χ4n) is 3.28. The van der Waals surface area contributed by atoms with Crippen LogP contribution in [0, 0.1) is 5.41 Å². The van der Waals surface area contributed by atoms with Crippen LogP contribution in [0.25, 0.3) is 0 Å². The molecule has 0 N–H and O–H groups in total. The molecule has 0 radical (unpaired) electrons. The lowest BCUT2D eigenvalue weighted by Crippen LogP contribution is -2.48. The Morgan fingerprint density at radius 1 is 1.28 bits per heavy atom. The molecule has 1 aromatic rings. The lowest BCUT2D eigenvalue weighted by atomic mass is 9.73. The van der Waals surface area contributed by atoms with Gasteiger partial charge in [-0.05, 0) is 44.1 Å². The van der Waals surface area contributed by atoms with Crippen LogP contribution in [0.4, 0.5) is 0 Å². The number of hydrogen-bond acceptors (Lipinski definition) is 4. The van der Waals surface area contributed by atoms with Crippen molar-refractivity contribution in [3.63, 3.8) is 0 Å². The SMILES string of the molecule is CCOC(=O)C1(Cc2ccccc2Cl)CCN(C(=O)CCSC)CC1. The number of rotatable bonds is 7. The summed E-state index contributed by atoms with van der Waals surface area (Å²) in [6.45, 7) is 3.37. The molecule has 6 heteroatoms. The van der Waals surface area contributed by atoms with Crippen molar-refractivity contribution in [3.8, 4) is 0 Å². The Labute approximate surface area is 159 Å². The summed E-state index contributed by atoms with van der Waals surface area (Å²) < 4.78 is 5.37. The minimum absolute atomic E-state index is 0.171. The minimum Gasteiger partial charge on any atom is -0.466 e. The van der Waals surface area contributed by atoms with E-state index in [9.17, 15) is 9.59 Å². The molecule has 1 amide bonds. The van der Waals surface area contributed by atoms with E-state index in [0.717, 1.165) is 11.3 Å². The lowest BCUT2D eigenvalue weighted by Gasteiger charge is -2.40. The molecule has 138 valence electrons. The molecule has 0 atom stereocenters. The van der Waals surface area contributed by atoms with Gasteiger partial charge in [0.25, 0.3) is 0 Å². The molecule has 0 aliphatic carbocycles. The van der Waals surface area contributed by atoms with Gasteiger partial charge in [0, 0.05) is 30.3 Å². The number of nitrogens with zero attached hydrogens (tertiary/aromatic N) is 1. The molecule has 0 saturated carbocycles. The Kier molecular flexibility index (Phi) is 7.63. The number of piperidine rings is 1. The molecular weight excluding hydrogens is 358 g/mol. The third kappa shape index (κ3) is 5.14. The van der Waals surface area contributed by atoms with Crippen molar-refractivity contribution in [2.75, 3.05) is 31.7 Å². The number of amides is 1. The van der Waals surface area contributed by atoms with Crippen LogP contribution in [0.2, 0.25) is 5.02 Å². The zero-order valence-corrected chi connectivity index (χ0v) is 16.5. The second kappa shape index (κ2) is 9.48. The molecular formula is C19H26ClNO3S. The first kappa shape index (κ1) is 20.1. The van der Waals surface area contributed by atoms with E-state index in [1.807, 2.05) is 42.3 Å². The predicted molar refractivity (Wildman–Crippen MR) is 103 cm³/mol. The Morgan fingerprint density at radius 3 is 2.56 bits per heavy atom. The number of ether oxygens (including phenoxy) is 1. The Hall–Kier alpha value is -1.20. The summed E-state index contributed by atoms with van der Waals surface area (Å²) in [6.07, 6.45) is 4.33. The molecule has 1 saturated heterocycles. The van der Waals surface area contributed by atoms with Gasteiger partial charge in [-0.2, -0.15) is 11.8 Å². The van der Waals surface area contributed by atoms with Gasteiger partial charge in [0.2, 0.25) is 5.91 Å². The highest BCUT2D eigenvalue weighted by atomic mass is 35.5. The molecule has 1 aromatic carbocycles. The highest BCUT2D eigenvalue weighted by Gasteiger charge is 2.43. The van der Waals surface area contributed by atoms with E-state index >= 15 is 0 Å². The largest absolute Gasteiger partial charge is 0.466 e. The summed E-state index contributed by atoms with van der Waals surface area (Å²) in [6, 6.07) is 7.62. The van der Waals surface area contributed by atoms with Crippen molar-refractivity contribution in [1.29, 1.82) is 0 Å². The fourth-order valence-corrected chi connectivity index (χ4v) is 3.86. The first-order valence-corrected chi connectivity index (χ1v) is 10.5. The average molecular weight is 384 g/mol. The monoisotopic (exact) mass is 383 g/mol. The van der Waals surface area contributed by atoms with Gasteiger partial charge in [-0.15, -0.1) is 0 Å². The van der Waals surface area contributed by atoms with Gasteiger partial charge in [-0.1, -0.05) is 29.8 Å². The van der Waals surface area contributed by atoms with E-state index in [1.54, 1.807) is 11.8 Å². The number of hydrogen-bond donors (Lipinski definition) is 0. The third-order valence-electron chi connectivity index (χ3n) is 4.79. The number of esters is 1. The summed E-state index contributed by atoms with van der Waals surface area (Å²) >= 11 is 7.98. The summed E-state index contributed by atoms with van der Waals surface area (Å²) in [4.78, 5) is 26.8. The van der Waals surface area contributed by atoms with Crippen molar-refractivity contribution in [2.45, 2.75) is 32.6 Å². The van der Waals surface area contributed by atoms with Crippen LogP contribution in [0.5, 0.6) is 0 Å². The average Bonchev–Trinajstić information content (AvgIpc) is 2.62. The molecule has 1 fully saturated rings. The molecule has 1 heterocycles. The van der Waals surface area contributed by atoms with Gasteiger partial charge < -0.3 is 9.64 Å². The van der Waals surface area contributed by atoms with E-state index in [0.29, 0.717) is 50.4 Å². The molecule has 2 rings (SSSR count). The van der Waals surface area contributed by atoms with Gasteiger partial charge >= 0.3 is 5.97 Å². The summed E-state index contributed by atoms with van der Waals surface area (Å²) in [5, 5.41) is 0.671. The van der Waals surface area contributed by atoms with Crippen molar-refractivity contribution in [2.24, 2.45) is 5.41 Å². The first-order valence-electron chi connectivity index (χ1n) is 8.70.